The van der Waals surface area contributed by atoms with Crippen molar-refractivity contribution in [2.75, 3.05) is 0 Å². The molecule has 0 N–H and O–H groups in total. The van der Waals surface area contributed by atoms with Crippen LogP contribution in [-0.4, -0.2) is 12.7 Å². The molecule has 8 nitrogen and oxygen atoms in total. The van der Waals surface area contributed by atoms with E-state index < -0.39 is 35.4 Å². The molecule has 2 aliphatic rings. The van der Waals surface area contributed by atoms with Crippen LogP contribution >= 0.6 is 0 Å². The number of hydrogen-bond acceptors (Lipinski definition) is 8. The molecule has 0 spiro atoms. The van der Waals surface area contributed by atoms with Crippen molar-refractivity contribution in [3.05, 3.63) is 117 Å². The zero-order chi connectivity index (χ0) is 37.5. The first-order chi connectivity index (χ1) is 24.8. The lowest BCUT2D eigenvalue weighted by Crippen LogP contribution is -2.18. The molecule has 14 heteroatoms. The number of halogens is 6. The fourth-order valence-electron chi connectivity index (χ4n) is 6.37. The van der Waals surface area contributed by atoms with E-state index in [4.69, 9.17) is 0 Å². The van der Waals surface area contributed by atoms with Gasteiger partial charge in [0.1, 0.15) is 46.9 Å². The van der Waals surface area contributed by atoms with E-state index in [2.05, 4.69) is 9.47 Å². The summed E-state index contributed by atoms with van der Waals surface area (Å²) in [5, 5.41) is 59.5. The van der Waals surface area contributed by atoms with Gasteiger partial charge in [0, 0.05) is 44.5 Å². The maximum absolute atomic E-state index is 13.6. The fourth-order valence-corrected chi connectivity index (χ4v) is 6.37. The summed E-state index contributed by atoms with van der Waals surface area (Å²) in [6.45, 7) is 0. The van der Waals surface area contributed by atoms with Crippen molar-refractivity contribution >= 4 is 22.3 Å². The molecule has 4 aromatic carbocycles. The molecule has 6 rings (SSSR count). The van der Waals surface area contributed by atoms with Crippen LogP contribution in [0.25, 0.3) is 44.5 Å². The molecule has 0 amide bonds. The average molecular weight is 699 g/mol. The number of nitrogens with zero attached hydrogens (tertiary/aromatic N) is 6. The van der Waals surface area contributed by atoms with Gasteiger partial charge in [0.15, 0.2) is 0 Å². The van der Waals surface area contributed by atoms with Gasteiger partial charge in [-0.05, 0) is 58.7 Å². The van der Waals surface area contributed by atoms with Gasteiger partial charge in [-0.2, -0.15) is 31.6 Å². The summed E-state index contributed by atoms with van der Waals surface area (Å²) in [6, 6.07) is 25.9. The molecular formula is C38H12F6N6O2. The van der Waals surface area contributed by atoms with Gasteiger partial charge in [0.05, 0.1) is 23.3 Å². The second-order valence-corrected chi connectivity index (χ2v) is 10.9. The molecular weight excluding hydrogens is 686 g/mol. The summed E-state index contributed by atoms with van der Waals surface area (Å²) in [4.78, 5) is 0. The van der Waals surface area contributed by atoms with Crippen LogP contribution in [0.1, 0.15) is 33.4 Å². The Kier molecular flexibility index (Phi) is 8.26. The molecule has 0 saturated heterocycles. The third kappa shape index (κ3) is 5.70. The van der Waals surface area contributed by atoms with Crippen molar-refractivity contribution in [1.82, 2.24) is 0 Å². The number of benzene rings is 4. The third-order valence-electron chi connectivity index (χ3n) is 8.12. The van der Waals surface area contributed by atoms with Crippen LogP contribution in [0.4, 0.5) is 26.3 Å². The number of nitriles is 6. The van der Waals surface area contributed by atoms with Gasteiger partial charge in [-0.15, -0.1) is 26.3 Å². The van der Waals surface area contributed by atoms with Gasteiger partial charge in [0.2, 0.25) is 0 Å². The minimum atomic E-state index is -5.19. The van der Waals surface area contributed by atoms with Crippen molar-refractivity contribution in [1.29, 1.82) is 31.6 Å². The predicted octanol–water partition coefficient (Wildman–Crippen LogP) is 9.10. The monoisotopic (exact) mass is 698 g/mol. The zero-order valence-corrected chi connectivity index (χ0v) is 25.7. The largest absolute Gasteiger partial charge is 0.573 e. The Morgan fingerprint density at radius 3 is 1.12 bits per heavy atom. The van der Waals surface area contributed by atoms with Gasteiger partial charge in [-0.1, -0.05) is 36.4 Å². The van der Waals surface area contributed by atoms with Gasteiger partial charge in [-0.25, -0.2) is 0 Å². The Morgan fingerprint density at radius 2 is 0.808 bits per heavy atom. The smallest absolute Gasteiger partial charge is 0.405 e. The molecule has 0 saturated carbocycles. The highest BCUT2D eigenvalue weighted by Crippen LogP contribution is 2.62. The molecule has 0 unspecified atom stereocenters. The summed E-state index contributed by atoms with van der Waals surface area (Å²) < 4.78 is 90.2. The summed E-state index contributed by atoms with van der Waals surface area (Å²) in [5.74, 6) is -1.54. The van der Waals surface area contributed by atoms with Crippen LogP contribution in [0.3, 0.4) is 0 Å². The van der Waals surface area contributed by atoms with Crippen LogP contribution in [-0.2, 0) is 0 Å². The SMILES string of the molecule is N#CC(C#N)=C1C2=C(C(=C(C#N)C#N)c3c2cccc3-c2ccc(C#N)cc2OC(F)(F)F)c2cccc(-c3ccc(C#N)cc3OC(F)(F)F)c21. The second-order valence-electron chi connectivity index (χ2n) is 10.9. The zero-order valence-electron chi connectivity index (χ0n) is 25.7. The van der Waals surface area contributed by atoms with E-state index in [9.17, 15) is 57.9 Å². The summed E-state index contributed by atoms with van der Waals surface area (Å²) in [7, 11) is 0. The molecule has 0 aliphatic heterocycles. The highest BCUT2D eigenvalue weighted by Gasteiger charge is 2.43. The van der Waals surface area contributed by atoms with E-state index in [1.807, 2.05) is 0 Å². The lowest BCUT2D eigenvalue weighted by Gasteiger charge is -2.21. The van der Waals surface area contributed by atoms with Crippen molar-refractivity contribution in [2.45, 2.75) is 12.7 Å². The van der Waals surface area contributed by atoms with Gasteiger partial charge >= 0.3 is 12.7 Å². The van der Waals surface area contributed by atoms with Crippen LogP contribution in [0.5, 0.6) is 11.5 Å². The molecule has 0 radical (unpaired) electrons. The Balaban J connectivity index is 1.73. The number of allylic oxidation sites excluding steroid dienone is 6. The summed E-state index contributed by atoms with van der Waals surface area (Å²) in [6.07, 6.45) is -10.4. The molecule has 52 heavy (non-hydrogen) atoms. The molecule has 2 aliphatic carbocycles. The van der Waals surface area contributed by atoms with Crippen LogP contribution in [0.15, 0.2) is 83.9 Å². The summed E-state index contributed by atoms with van der Waals surface area (Å²) >= 11 is 0. The van der Waals surface area contributed by atoms with E-state index in [-0.39, 0.29) is 77.9 Å². The highest BCUT2D eigenvalue weighted by molar-refractivity contribution is 6.39. The minimum absolute atomic E-state index is 0.0223. The normalized spacial score (nSPS) is 12.5. The quantitative estimate of drug-likeness (QED) is 0.151. The lowest BCUT2D eigenvalue weighted by atomic mass is 9.83. The standard InChI is InChI=1S/C38H12F6N6O2/c39-37(40,41)51-29-11-19(13-45)7-9-23(29)25-3-1-5-27-33(25)31(21(15-47)16-48)36-28-6-2-4-26(34(28)32(35(27)36)22(17-49)18-50)24-10-8-20(14-46)12-30(24)52-38(42,43)44/h1-12H. The summed E-state index contributed by atoms with van der Waals surface area (Å²) in [5.41, 5.74) is -1.22. The van der Waals surface area contributed by atoms with Crippen molar-refractivity contribution < 1.29 is 35.8 Å². The van der Waals surface area contributed by atoms with Crippen molar-refractivity contribution in [3.63, 3.8) is 0 Å². The minimum Gasteiger partial charge on any atom is -0.405 e. The number of hydrogen-bond donors (Lipinski definition) is 0. The first-order valence-electron chi connectivity index (χ1n) is 14.5. The van der Waals surface area contributed by atoms with Crippen LogP contribution in [0, 0.1) is 68.0 Å². The van der Waals surface area contributed by atoms with E-state index in [1.54, 1.807) is 36.4 Å². The fraction of sp³-hybridized carbons (Fsp3) is 0.0526. The first kappa shape index (κ1) is 34.1. The first-order valence-corrected chi connectivity index (χ1v) is 14.5. The van der Waals surface area contributed by atoms with E-state index in [1.165, 1.54) is 60.7 Å². The molecule has 0 fully saturated rings. The number of rotatable bonds is 4. The third-order valence-corrected chi connectivity index (χ3v) is 8.12. The maximum atomic E-state index is 13.6. The van der Waals surface area contributed by atoms with Crippen LogP contribution < -0.4 is 9.47 Å². The molecule has 0 bridgehead atoms. The Hall–Kier alpha value is -7.78. The Morgan fingerprint density at radius 1 is 0.462 bits per heavy atom. The number of ether oxygens (including phenoxy) is 2. The predicted molar refractivity (Wildman–Crippen MR) is 170 cm³/mol. The average Bonchev–Trinajstić information content (AvgIpc) is 3.62. The van der Waals surface area contributed by atoms with Crippen molar-refractivity contribution in [3.8, 4) is 70.2 Å². The molecule has 248 valence electrons. The topological polar surface area (TPSA) is 161 Å². The van der Waals surface area contributed by atoms with Crippen molar-refractivity contribution in [2.24, 2.45) is 0 Å². The van der Waals surface area contributed by atoms with Gasteiger partial charge in [0.25, 0.3) is 0 Å². The molecule has 0 aromatic heterocycles. The highest BCUT2D eigenvalue weighted by atomic mass is 19.4. The Bertz CT molecular complexity index is 2410. The van der Waals surface area contributed by atoms with E-state index >= 15 is 0 Å². The van der Waals surface area contributed by atoms with E-state index in [0.29, 0.717) is 0 Å². The number of fused-ring (bicyclic) bond motifs is 4. The van der Waals surface area contributed by atoms with Crippen LogP contribution in [0.2, 0.25) is 0 Å². The number of alkyl halides is 6. The second kappa shape index (κ2) is 12.6. The molecule has 0 atom stereocenters. The van der Waals surface area contributed by atoms with Gasteiger partial charge in [-0.3, -0.25) is 0 Å². The van der Waals surface area contributed by atoms with E-state index in [0.717, 1.165) is 12.1 Å². The maximum Gasteiger partial charge on any atom is 0.573 e. The Labute approximate surface area is 289 Å². The lowest BCUT2D eigenvalue weighted by molar-refractivity contribution is -0.275. The molecule has 0 heterocycles. The molecule has 4 aromatic rings. The van der Waals surface area contributed by atoms with Gasteiger partial charge < -0.3 is 9.47 Å².